The molecular weight excluding hydrogens is 275 g/mol. The van der Waals surface area contributed by atoms with Gasteiger partial charge in [0.2, 0.25) is 0 Å². The molecule has 4 nitrogen and oxygen atoms in total. The quantitative estimate of drug-likeness (QED) is 0.917. The first-order valence-electron chi connectivity index (χ1n) is 4.17. The van der Waals surface area contributed by atoms with Gasteiger partial charge in [-0.15, -0.1) is 0 Å². The molecule has 0 unspecified atom stereocenters. The molecule has 0 saturated heterocycles. The summed E-state index contributed by atoms with van der Waals surface area (Å²) in [5.74, 6) is -2.81. The van der Waals surface area contributed by atoms with Crippen LogP contribution in [0.15, 0.2) is 18.2 Å². The normalized spacial score (nSPS) is 11.4. The number of carboxylic acid groups (broad SMARTS) is 1. The fourth-order valence-electron chi connectivity index (χ4n) is 1.13. The Morgan fingerprint density at radius 3 is 2.19 bits per heavy atom. The van der Waals surface area contributed by atoms with Crippen LogP contribution >= 0.6 is 23.2 Å². The van der Waals surface area contributed by atoms with Crippen LogP contribution in [0.5, 0.6) is 0 Å². The molecule has 1 rings (SSSR count). The average molecular weight is 283 g/mol. The number of carboxylic acids is 1. The fourth-order valence-corrected chi connectivity index (χ4v) is 3.05. The zero-order valence-corrected chi connectivity index (χ0v) is 10.3. The molecule has 7 heteroatoms. The van der Waals surface area contributed by atoms with Gasteiger partial charge in [-0.1, -0.05) is 29.3 Å². The van der Waals surface area contributed by atoms with Gasteiger partial charge in [-0.25, -0.2) is 8.42 Å². The zero-order chi connectivity index (χ0) is 12.3. The standard InChI is InChI=1S/C9H8Cl2O4S/c10-7-2-1-3-8(11)6(7)4-16(14,15)5-9(12)13/h1-3H,4-5H2,(H,12,13). The van der Waals surface area contributed by atoms with Crippen LogP contribution in [0.1, 0.15) is 5.56 Å². The summed E-state index contributed by atoms with van der Waals surface area (Å²) in [4.78, 5) is 10.3. The average Bonchev–Trinajstić information content (AvgIpc) is 2.09. The van der Waals surface area contributed by atoms with Crippen LogP contribution in [0.4, 0.5) is 0 Å². The summed E-state index contributed by atoms with van der Waals surface area (Å²) < 4.78 is 22.8. The van der Waals surface area contributed by atoms with Gasteiger partial charge in [0, 0.05) is 15.6 Å². The molecular formula is C9H8Cl2O4S. The lowest BCUT2D eigenvalue weighted by Gasteiger charge is -2.06. The Balaban J connectivity index is 3.01. The highest BCUT2D eigenvalue weighted by atomic mass is 35.5. The molecule has 0 fully saturated rings. The molecule has 0 saturated carbocycles. The minimum atomic E-state index is -3.75. The molecule has 0 atom stereocenters. The van der Waals surface area contributed by atoms with Crippen LogP contribution in [0.2, 0.25) is 10.0 Å². The topological polar surface area (TPSA) is 71.4 Å². The number of carbonyl (C=O) groups is 1. The summed E-state index contributed by atoms with van der Waals surface area (Å²) in [7, 11) is -3.75. The van der Waals surface area contributed by atoms with Gasteiger partial charge in [-0.2, -0.15) is 0 Å². The van der Waals surface area contributed by atoms with E-state index in [9.17, 15) is 13.2 Å². The van der Waals surface area contributed by atoms with E-state index in [1.54, 1.807) is 6.07 Å². The lowest BCUT2D eigenvalue weighted by Crippen LogP contribution is -2.17. The number of aliphatic carboxylic acids is 1. The second-order valence-electron chi connectivity index (χ2n) is 3.13. The van der Waals surface area contributed by atoms with Crippen molar-refractivity contribution in [1.82, 2.24) is 0 Å². The SMILES string of the molecule is O=C(O)CS(=O)(=O)Cc1c(Cl)cccc1Cl. The monoisotopic (exact) mass is 282 g/mol. The molecule has 1 aromatic rings. The van der Waals surface area contributed by atoms with Crippen LogP contribution in [-0.4, -0.2) is 25.2 Å². The van der Waals surface area contributed by atoms with Crippen molar-refractivity contribution < 1.29 is 18.3 Å². The maximum atomic E-state index is 11.4. The number of benzene rings is 1. The molecule has 16 heavy (non-hydrogen) atoms. The van der Waals surface area contributed by atoms with Crippen molar-refractivity contribution in [3.63, 3.8) is 0 Å². The number of hydrogen-bond acceptors (Lipinski definition) is 3. The van der Waals surface area contributed by atoms with Crippen molar-refractivity contribution in [2.75, 3.05) is 5.75 Å². The van der Waals surface area contributed by atoms with Crippen LogP contribution in [0.25, 0.3) is 0 Å². The van der Waals surface area contributed by atoms with E-state index in [1.165, 1.54) is 12.1 Å². The molecule has 0 aromatic heterocycles. The van der Waals surface area contributed by atoms with Crippen molar-refractivity contribution in [1.29, 1.82) is 0 Å². The summed E-state index contributed by atoms with van der Waals surface area (Å²) in [6, 6.07) is 4.58. The van der Waals surface area contributed by atoms with Gasteiger partial charge in [-0.3, -0.25) is 4.79 Å². The summed E-state index contributed by atoms with van der Waals surface area (Å²) in [5, 5.41) is 8.84. The minimum Gasteiger partial charge on any atom is -0.480 e. The number of rotatable bonds is 4. The Bertz CT molecular complexity index is 490. The van der Waals surface area contributed by atoms with Gasteiger partial charge in [0.05, 0.1) is 5.75 Å². The fraction of sp³-hybridized carbons (Fsp3) is 0.222. The lowest BCUT2D eigenvalue weighted by atomic mass is 10.2. The highest BCUT2D eigenvalue weighted by Crippen LogP contribution is 2.26. The van der Waals surface area contributed by atoms with Gasteiger partial charge in [-0.05, 0) is 12.1 Å². The van der Waals surface area contributed by atoms with Crippen molar-refractivity contribution in [3.8, 4) is 0 Å². The molecule has 0 amide bonds. The third-order valence-electron chi connectivity index (χ3n) is 1.77. The van der Waals surface area contributed by atoms with Crippen molar-refractivity contribution >= 4 is 39.0 Å². The summed E-state index contributed by atoms with van der Waals surface area (Å²) >= 11 is 11.6. The van der Waals surface area contributed by atoms with Gasteiger partial charge in [0.1, 0.15) is 5.75 Å². The largest absolute Gasteiger partial charge is 0.480 e. The molecule has 0 aliphatic carbocycles. The molecule has 0 bridgehead atoms. The van der Waals surface area contributed by atoms with E-state index in [0.29, 0.717) is 0 Å². The van der Waals surface area contributed by atoms with Crippen molar-refractivity contribution in [2.45, 2.75) is 5.75 Å². The summed E-state index contributed by atoms with van der Waals surface area (Å²) in [5.41, 5.74) is 0.229. The third kappa shape index (κ3) is 3.66. The van der Waals surface area contributed by atoms with Gasteiger partial charge >= 0.3 is 5.97 Å². The van der Waals surface area contributed by atoms with E-state index in [-0.39, 0.29) is 15.6 Å². The summed E-state index contributed by atoms with van der Waals surface area (Å²) in [6.45, 7) is 0. The van der Waals surface area contributed by atoms with E-state index < -0.39 is 27.3 Å². The van der Waals surface area contributed by atoms with E-state index in [4.69, 9.17) is 28.3 Å². The predicted molar refractivity (Wildman–Crippen MR) is 61.6 cm³/mol. The van der Waals surface area contributed by atoms with Crippen LogP contribution < -0.4 is 0 Å². The Morgan fingerprint density at radius 2 is 1.75 bits per heavy atom. The first-order chi connectivity index (χ1) is 7.32. The highest BCUT2D eigenvalue weighted by molar-refractivity contribution is 7.91. The van der Waals surface area contributed by atoms with E-state index in [0.717, 1.165) is 0 Å². The maximum absolute atomic E-state index is 11.4. The van der Waals surface area contributed by atoms with E-state index in [2.05, 4.69) is 0 Å². The van der Waals surface area contributed by atoms with Gasteiger partial charge in [0.25, 0.3) is 0 Å². The molecule has 0 spiro atoms. The van der Waals surface area contributed by atoms with Gasteiger partial charge in [0.15, 0.2) is 9.84 Å². The van der Waals surface area contributed by atoms with Gasteiger partial charge < -0.3 is 5.11 Å². The molecule has 88 valence electrons. The first-order valence-corrected chi connectivity index (χ1v) is 6.74. The second kappa shape index (κ2) is 5.03. The molecule has 0 aliphatic heterocycles. The van der Waals surface area contributed by atoms with E-state index >= 15 is 0 Å². The highest BCUT2D eigenvalue weighted by Gasteiger charge is 2.19. The molecule has 0 aliphatic rings. The predicted octanol–water partition coefficient (Wildman–Crippen LogP) is 1.99. The van der Waals surface area contributed by atoms with Crippen LogP contribution in [-0.2, 0) is 20.4 Å². The molecule has 0 heterocycles. The van der Waals surface area contributed by atoms with Crippen LogP contribution in [0.3, 0.4) is 0 Å². The first kappa shape index (κ1) is 13.3. The number of sulfone groups is 1. The lowest BCUT2D eigenvalue weighted by molar-refractivity contribution is -0.134. The summed E-state index contributed by atoms with van der Waals surface area (Å²) in [6.07, 6.45) is 0. The number of hydrogen-bond donors (Lipinski definition) is 1. The number of halogens is 2. The minimum absolute atomic E-state index is 0.210. The van der Waals surface area contributed by atoms with Crippen LogP contribution in [0, 0.1) is 0 Å². The zero-order valence-electron chi connectivity index (χ0n) is 7.98. The van der Waals surface area contributed by atoms with Crippen molar-refractivity contribution in [3.05, 3.63) is 33.8 Å². The van der Waals surface area contributed by atoms with Crippen molar-refractivity contribution in [2.24, 2.45) is 0 Å². The Hall–Kier alpha value is -0.780. The molecule has 0 radical (unpaired) electrons. The molecule has 1 N–H and O–H groups in total. The molecule has 1 aromatic carbocycles. The third-order valence-corrected chi connectivity index (χ3v) is 3.89. The second-order valence-corrected chi connectivity index (χ2v) is 6.01. The Kier molecular flexibility index (Phi) is 4.18. The maximum Gasteiger partial charge on any atom is 0.318 e. The Labute approximate surface area is 103 Å². The Morgan fingerprint density at radius 1 is 1.25 bits per heavy atom. The van der Waals surface area contributed by atoms with E-state index in [1.807, 2.05) is 0 Å². The smallest absolute Gasteiger partial charge is 0.318 e.